The monoisotopic (exact) mass is 242 g/mol. The van der Waals surface area contributed by atoms with Crippen LogP contribution in [0.25, 0.3) is 0 Å². The van der Waals surface area contributed by atoms with Crippen molar-refractivity contribution < 1.29 is 9.84 Å². The minimum atomic E-state index is -1.01. The van der Waals surface area contributed by atoms with E-state index in [2.05, 4.69) is 40.8 Å². The SMILES string of the molecule is CC1=C(CO)C(C)C([SiH](C)C)(C(C)(C)C)O1. The summed E-state index contributed by atoms with van der Waals surface area (Å²) in [5.41, 5.74) is 1.21. The van der Waals surface area contributed by atoms with Gasteiger partial charge in [0.05, 0.1) is 21.2 Å². The summed E-state index contributed by atoms with van der Waals surface area (Å²) in [6.07, 6.45) is 0. The van der Waals surface area contributed by atoms with Crippen molar-refractivity contribution in [2.75, 3.05) is 6.61 Å². The van der Waals surface area contributed by atoms with Gasteiger partial charge in [-0.2, -0.15) is 0 Å². The number of allylic oxidation sites excluding steroid dienone is 1. The Bertz CT molecular complexity index is 302. The fourth-order valence-corrected chi connectivity index (χ4v) is 6.85. The maximum absolute atomic E-state index is 9.46. The molecule has 3 heteroatoms. The Morgan fingerprint density at radius 3 is 2.06 bits per heavy atom. The number of aliphatic hydroxyl groups is 1. The lowest BCUT2D eigenvalue weighted by Crippen LogP contribution is -2.57. The highest BCUT2D eigenvalue weighted by Gasteiger charge is 2.55. The van der Waals surface area contributed by atoms with Gasteiger partial charge in [0.1, 0.15) is 5.22 Å². The maximum atomic E-state index is 9.46. The summed E-state index contributed by atoms with van der Waals surface area (Å²) in [6, 6.07) is 0. The van der Waals surface area contributed by atoms with E-state index in [-0.39, 0.29) is 17.2 Å². The Kier molecular flexibility index (Phi) is 3.61. The molecule has 16 heavy (non-hydrogen) atoms. The van der Waals surface area contributed by atoms with Crippen molar-refractivity contribution >= 4 is 8.80 Å². The number of ether oxygens (including phenoxy) is 1. The smallest absolute Gasteiger partial charge is 0.104 e. The minimum absolute atomic E-state index is 0.0604. The second kappa shape index (κ2) is 4.19. The molecule has 2 atom stereocenters. The molecular formula is C13H26O2Si. The zero-order valence-electron chi connectivity index (χ0n) is 11.7. The van der Waals surface area contributed by atoms with Crippen LogP contribution in [0.2, 0.25) is 13.1 Å². The lowest BCUT2D eigenvalue weighted by molar-refractivity contribution is -0.0227. The second-order valence-corrected chi connectivity index (χ2v) is 9.43. The van der Waals surface area contributed by atoms with Crippen LogP contribution in [0.15, 0.2) is 11.3 Å². The van der Waals surface area contributed by atoms with Crippen LogP contribution in [0.4, 0.5) is 0 Å². The number of rotatable bonds is 2. The van der Waals surface area contributed by atoms with Gasteiger partial charge in [0.25, 0.3) is 0 Å². The normalized spacial score (nSPS) is 31.2. The summed E-state index contributed by atoms with van der Waals surface area (Å²) >= 11 is 0. The van der Waals surface area contributed by atoms with E-state index in [1.165, 1.54) is 0 Å². The molecule has 0 bridgehead atoms. The molecule has 1 rings (SSSR count). The quantitative estimate of drug-likeness (QED) is 0.755. The predicted molar refractivity (Wildman–Crippen MR) is 71.1 cm³/mol. The van der Waals surface area contributed by atoms with Crippen LogP contribution in [0.1, 0.15) is 34.6 Å². The van der Waals surface area contributed by atoms with Crippen molar-refractivity contribution in [2.24, 2.45) is 11.3 Å². The fraction of sp³-hybridized carbons (Fsp3) is 0.846. The molecule has 0 amide bonds. The molecule has 0 saturated carbocycles. The van der Waals surface area contributed by atoms with Crippen LogP contribution in [0, 0.1) is 11.3 Å². The molecule has 0 saturated heterocycles. The summed E-state index contributed by atoms with van der Waals surface area (Å²) in [4.78, 5) is 0. The average Bonchev–Trinajstić information content (AvgIpc) is 2.37. The molecule has 1 heterocycles. The van der Waals surface area contributed by atoms with Crippen molar-refractivity contribution in [1.82, 2.24) is 0 Å². The molecule has 1 aliphatic heterocycles. The van der Waals surface area contributed by atoms with E-state index < -0.39 is 8.80 Å². The van der Waals surface area contributed by atoms with Crippen LogP contribution in [0.5, 0.6) is 0 Å². The Hall–Kier alpha value is -0.283. The number of aliphatic hydroxyl groups excluding tert-OH is 1. The maximum Gasteiger partial charge on any atom is 0.104 e. The van der Waals surface area contributed by atoms with Gasteiger partial charge in [-0.05, 0) is 17.9 Å². The topological polar surface area (TPSA) is 29.5 Å². The lowest BCUT2D eigenvalue weighted by Gasteiger charge is -2.48. The predicted octanol–water partition coefficient (Wildman–Crippen LogP) is 2.73. The number of hydrogen-bond acceptors (Lipinski definition) is 2. The van der Waals surface area contributed by atoms with E-state index in [0.717, 1.165) is 11.3 Å². The van der Waals surface area contributed by atoms with Gasteiger partial charge < -0.3 is 9.84 Å². The van der Waals surface area contributed by atoms with Crippen molar-refractivity contribution in [3.8, 4) is 0 Å². The minimum Gasteiger partial charge on any atom is -0.495 e. The first kappa shape index (κ1) is 13.8. The van der Waals surface area contributed by atoms with Crippen molar-refractivity contribution in [1.29, 1.82) is 0 Å². The van der Waals surface area contributed by atoms with E-state index in [1.54, 1.807) is 0 Å². The fourth-order valence-electron chi connectivity index (χ4n) is 3.51. The van der Waals surface area contributed by atoms with Crippen molar-refractivity contribution in [3.05, 3.63) is 11.3 Å². The Balaban J connectivity index is 3.22. The van der Waals surface area contributed by atoms with E-state index in [0.29, 0.717) is 5.92 Å². The highest BCUT2D eigenvalue weighted by Crippen LogP contribution is 2.50. The summed E-state index contributed by atoms with van der Waals surface area (Å²) in [6.45, 7) is 15.8. The molecule has 1 aliphatic rings. The zero-order chi connectivity index (χ0) is 12.7. The first-order chi connectivity index (χ1) is 7.18. The molecular weight excluding hydrogens is 216 g/mol. The Labute approximate surface area is 101 Å². The second-order valence-electron chi connectivity index (χ2n) is 6.26. The highest BCUT2D eigenvalue weighted by molar-refractivity contribution is 6.59. The van der Waals surface area contributed by atoms with E-state index in [1.807, 2.05) is 6.92 Å². The van der Waals surface area contributed by atoms with Gasteiger partial charge in [-0.3, -0.25) is 0 Å². The molecule has 0 aromatic rings. The molecule has 2 nitrogen and oxygen atoms in total. The summed E-state index contributed by atoms with van der Waals surface area (Å²) in [5, 5.41) is 9.40. The third-order valence-corrected chi connectivity index (χ3v) is 7.34. The first-order valence-corrected chi connectivity index (χ1v) is 9.06. The van der Waals surface area contributed by atoms with Gasteiger partial charge in [-0.15, -0.1) is 0 Å². The van der Waals surface area contributed by atoms with Crippen LogP contribution in [0.3, 0.4) is 0 Å². The van der Waals surface area contributed by atoms with Gasteiger partial charge in [-0.25, -0.2) is 0 Å². The summed E-state index contributed by atoms with van der Waals surface area (Å²) in [5.74, 6) is 1.29. The lowest BCUT2D eigenvalue weighted by atomic mass is 9.79. The summed E-state index contributed by atoms with van der Waals surface area (Å²) in [7, 11) is -1.01. The molecule has 0 fully saturated rings. The van der Waals surface area contributed by atoms with Crippen LogP contribution < -0.4 is 0 Å². The molecule has 0 aliphatic carbocycles. The van der Waals surface area contributed by atoms with Gasteiger partial charge in [0.15, 0.2) is 0 Å². The molecule has 0 aromatic carbocycles. The standard InChI is InChI=1S/C13H26O2Si/c1-9-11(8-14)10(2)15-13(9,16(6)7)12(3,4)5/h9,14,16H,8H2,1-7H3. The third kappa shape index (κ3) is 1.74. The van der Waals surface area contributed by atoms with Crippen LogP contribution >= 0.6 is 0 Å². The molecule has 0 spiro atoms. The van der Waals surface area contributed by atoms with E-state index >= 15 is 0 Å². The van der Waals surface area contributed by atoms with Gasteiger partial charge in [0, 0.05) is 5.92 Å². The van der Waals surface area contributed by atoms with Crippen LogP contribution in [-0.4, -0.2) is 25.7 Å². The van der Waals surface area contributed by atoms with Gasteiger partial charge in [0.2, 0.25) is 0 Å². The molecule has 0 aromatic heterocycles. The number of hydrogen-bond donors (Lipinski definition) is 1. The van der Waals surface area contributed by atoms with Gasteiger partial charge >= 0.3 is 0 Å². The van der Waals surface area contributed by atoms with Gasteiger partial charge in [-0.1, -0.05) is 40.8 Å². The van der Waals surface area contributed by atoms with Crippen molar-refractivity contribution in [2.45, 2.75) is 52.9 Å². The largest absolute Gasteiger partial charge is 0.495 e. The van der Waals surface area contributed by atoms with E-state index in [4.69, 9.17) is 4.74 Å². The third-order valence-electron chi connectivity index (χ3n) is 4.14. The molecule has 2 unspecified atom stereocenters. The Morgan fingerprint density at radius 2 is 1.88 bits per heavy atom. The molecule has 1 N–H and O–H groups in total. The summed E-state index contributed by atoms with van der Waals surface area (Å²) < 4.78 is 6.27. The van der Waals surface area contributed by atoms with Crippen LogP contribution in [-0.2, 0) is 4.74 Å². The molecule has 94 valence electrons. The zero-order valence-corrected chi connectivity index (χ0v) is 12.9. The Morgan fingerprint density at radius 1 is 1.38 bits per heavy atom. The van der Waals surface area contributed by atoms with Crippen molar-refractivity contribution in [3.63, 3.8) is 0 Å². The van der Waals surface area contributed by atoms with E-state index in [9.17, 15) is 5.11 Å². The highest BCUT2D eigenvalue weighted by atomic mass is 28.3. The average molecular weight is 242 g/mol. The first-order valence-electron chi connectivity index (χ1n) is 6.18. The molecule has 0 radical (unpaired) electrons.